The number of anilines is 2. The molecule has 2 atom stereocenters. The van der Waals surface area contributed by atoms with Crippen molar-refractivity contribution >= 4 is 40.6 Å². The van der Waals surface area contributed by atoms with Gasteiger partial charge in [0, 0.05) is 27.0 Å². The lowest BCUT2D eigenvalue weighted by Crippen LogP contribution is -2.66. The summed E-state index contributed by atoms with van der Waals surface area (Å²) in [4.78, 5) is 14.9. The predicted molar refractivity (Wildman–Crippen MR) is 123 cm³/mol. The van der Waals surface area contributed by atoms with Crippen molar-refractivity contribution in [2.45, 2.75) is 24.4 Å². The number of nitriles is 1. The number of carbonyl (C=O) groups excluding carboxylic acids is 1. The SMILES string of the molecule is CC1(C(F)(F)F)N(c2ccc(Cl)cc2)C(=O)N(c2ccc(Cl)cc2)C1(O)c1cccc(C#N)c1. The quantitative estimate of drug-likeness (QED) is 0.443. The van der Waals surface area contributed by atoms with Gasteiger partial charge in [0.15, 0.2) is 5.54 Å². The van der Waals surface area contributed by atoms with Crippen molar-refractivity contribution in [2.75, 3.05) is 9.80 Å². The smallest absolute Gasteiger partial charge is 0.364 e. The van der Waals surface area contributed by atoms with Gasteiger partial charge in [-0.3, -0.25) is 9.80 Å². The molecule has 0 spiro atoms. The molecule has 0 saturated carbocycles. The van der Waals surface area contributed by atoms with Gasteiger partial charge in [0.05, 0.1) is 11.6 Å². The Labute approximate surface area is 203 Å². The molecular weight excluding hydrogens is 490 g/mol. The molecule has 1 saturated heterocycles. The van der Waals surface area contributed by atoms with Gasteiger partial charge in [-0.25, -0.2) is 4.79 Å². The highest BCUT2D eigenvalue weighted by molar-refractivity contribution is 6.31. The Kier molecular flexibility index (Phi) is 5.76. The first-order chi connectivity index (χ1) is 15.9. The normalized spacial score (nSPS) is 22.7. The minimum atomic E-state index is -5.12. The van der Waals surface area contributed by atoms with Gasteiger partial charge in [-0.2, -0.15) is 18.4 Å². The van der Waals surface area contributed by atoms with E-state index in [1.54, 1.807) is 0 Å². The Morgan fingerprint density at radius 1 is 0.912 bits per heavy atom. The molecule has 0 aromatic heterocycles. The first-order valence-electron chi connectivity index (χ1n) is 9.90. The Bertz CT molecular complexity index is 1290. The van der Waals surface area contributed by atoms with Crippen LogP contribution in [0.3, 0.4) is 0 Å². The van der Waals surface area contributed by atoms with Gasteiger partial charge in [-0.05, 0) is 67.6 Å². The molecule has 10 heteroatoms. The number of hydrogen-bond acceptors (Lipinski definition) is 3. The number of halogens is 5. The van der Waals surface area contributed by atoms with Crippen molar-refractivity contribution in [3.05, 3.63) is 94.0 Å². The second kappa shape index (κ2) is 8.20. The fourth-order valence-electron chi connectivity index (χ4n) is 4.19. The summed E-state index contributed by atoms with van der Waals surface area (Å²) in [7, 11) is 0. The molecule has 1 fully saturated rings. The van der Waals surface area contributed by atoms with Crippen LogP contribution in [0, 0.1) is 11.3 Å². The molecule has 2 amide bonds. The third kappa shape index (κ3) is 3.40. The van der Waals surface area contributed by atoms with E-state index in [2.05, 4.69) is 0 Å². The van der Waals surface area contributed by atoms with Crippen LogP contribution >= 0.6 is 23.2 Å². The third-order valence-electron chi connectivity index (χ3n) is 5.95. The zero-order valence-corrected chi connectivity index (χ0v) is 19.0. The van der Waals surface area contributed by atoms with Crippen LogP contribution in [0.25, 0.3) is 0 Å². The van der Waals surface area contributed by atoms with Gasteiger partial charge in [-0.15, -0.1) is 0 Å². The molecule has 1 N–H and O–H groups in total. The number of rotatable bonds is 3. The Hall–Kier alpha value is -3.25. The average Bonchev–Trinajstić information content (AvgIpc) is 2.99. The summed E-state index contributed by atoms with van der Waals surface area (Å²) < 4.78 is 44.9. The Morgan fingerprint density at radius 2 is 1.41 bits per heavy atom. The molecule has 1 heterocycles. The highest BCUT2D eigenvalue weighted by Crippen LogP contribution is 2.57. The molecule has 3 aromatic rings. The summed E-state index contributed by atoms with van der Waals surface area (Å²) in [5.41, 5.74) is -6.57. The maximum Gasteiger partial charge on any atom is 0.416 e. The molecule has 2 unspecified atom stereocenters. The molecule has 0 radical (unpaired) electrons. The van der Waals surface area contributed by atoms with Crippen molar-refractivity contribution in [3.63, 3.8) is 0 Å². The van der Waals surface area contributed by atoms with E-state index in [9.17, 15) is 28.3 Å². The largest absolute Gasteiger partial charge is 0.416 e. The summed E-state index contributed by atoms with van der Waals surface area (Å²) in [6.45, 7) is 0.745. The van der Waals surface area contributed by atoms with Crippen LogP contribution < -0.4 is 9.80 Å². The standard InChI is InChI=1S/C24H16Cl2F3N3O2/c1-22(24(27,28)29)23(34,16-4-2-3-15(13-16)14-30)32(20-11-7-18(26)8-12-20)21(33)31(22)19-9-5-17(25)6-10-19/h2-13,34H,1H3. The number of urea groups is 1. The summed E-state index contributed by atoms with van der Waals surface area (Å²) in [5.74, 6) is 0. The average molecular weight is 506 g/mol. The molecular formula is C24H16Cl2F3N3O2. The highest BCUT2D eigenvalue weighted by Gasteiger charge is 2.77. The Morgan fingerprint density at radius 3 is 1.88 bits per heavy atom. The van der Waals surface area contributed by atoms with Crippen LogP contribution in [0.1, 0.15) is 18.1 Å². The van der Waals surface area contributed by atoms with E-state index in [-0.39, 0.29) is 27.5 Å². The molecule has 174 valence electrons. The lowest BCUT2D eigenvalue weighted by Gasteiger charge is -2.45. The summed E-state index contributed by atoms with van der Waals surface area (Å²) >= 11 is 11.9. The van der Waals surface area contributed by atoms with Crippen molar-refractivity contribution in [1.29, 1.82) is 5.26 Å². The van der Waals surface area contributed by atoms with Gasteiger partial charge in [0.2, 0.25) is 5.72 Å². The van der Waals surface area contributed by atoms with Crippen LogP contribution in [0.5, 0.6) is 0 Å². The molecule has 0 aliphatic carbocycles. The van der Waals surface area contributed by atoms with Crippen molar-refractivity contribution in [2.24, 2.45) is 0 Å². The minimum absolute atomic E-state index is 0.0175. The van der Waals surface area contributed by atoms with Gasteiger partial charge in [0.1, 0.15) is 0 Å². The van der Waals surface area contributed by atoms with E-state index in [1.165, 1.54) is 66.7 Å². The van der Waals surface area contributed by atoms with Gasteiger partial charge < -0.3 is 5.11 Å². The Balaban J connectivity index is 2.09. The lowest BCUT2D eigenvalue weighted by atomic mass is 9.80. The lowest BCUT2D eigenvalue weighted by molar-refractivity contribution is -0.227. The third-order valence-corrected chi connectivity index (χ3v) is 6.45. The van der Waals surface area contributed by atoms with Crippen molar-refractivity contribution in [3.8, 4) is 6.07 Å². The molecule has 1 aliphatic rings. The molecule has 5 nitrogen and oxygen atoms in total. The number of aliphatic hydroxyl groups is 1. The first-order valence-corrected chi connectivity index (χ1v) is 10.7. The van der Waals surface area contributed by atoms with E-state index >= 15 is 0 Å². The van der Waals surface area contributed by atoms with Crippen LogP contribution in [-0.2, 0) is 5.72 Å². The van der Waals surface area contributed by atoms with E-state index in [0.29, 0.717) is 14.8 Å². The molecule has 34 heavy (non-hydrogen) atoms. The van der Waals surface area contributed by atoms with Gasteiger partial charge in [-0.1, -0.05) is 35.3 Å². The number of carbonyl (C=O) groups is 1. The maximum absolute atomic E-state index is 15.0. The fourth-order valence-corrected chi connectivity index (χ4v) is 4.44. The molecule has 1 aliphatic heterocycles. The summed E-state index contributed by atoms with van der Waals surface area (Å²) in [5, 5.41) is 21.9. The highest BCUT2D eigenvalue weighted by atomic mass is 35.5. The van der Waals surface area contributed by atoms with Crippen LogP contribution in [0.2, 0.25) is 10.0 Å². The zero-order chi connectivity index (χ0) is 24.9. The maximum atomic E-state index is 15.0. The number of benzene rings is 3. The zero-order valence-electron chi connectivity index (χ0n) is 17.5. The second-order valence-electron chi connectivity index (χ2n) is 7.84. The number of alkyl halides is 3. The monoisotopic (exact) mass is 505 g/mol. The van der Waals surface area contributed by atoms with Crippen LogP contribution in [0.4, 0.5) is 29.3 Å². The number of hydrogen-bond donors (Lipinski definition) is 1. The molecule has 0 bridgehead atoms. The molecule has 3 aromatic carbocycles. The fraction of sp³-hybridized carbons (Fsp3) is 0.167. The van der Waals surface area contributed by atoms with Gasteiger partial charge >= 0.3 is 12.2 Å². The van der Waals surface area contributed by atoms with Gasteiger partial charge in [0.25, 0.3) is 0 Å². The topological polar surface area (TPSA) is 67.6 Å². The molecule has 4 rings (SSSR count). The van der Waals surface area contributed by atoms with E-state index in [0.717, 1.165) is 13.0 Å². The number of amides is 2. The second-order valence-corrected chi connectivity index (χ2v) is 8.71. The predicted octanol–water partition coefficient (Wildman–Crippen LogP) is 6.48. The summed E-state index contributed by atoms with van der Waals surface area (Å²) in [6, 6.07) is 16.5. The van der Waals surface area contributed by atoms with E-state index < -0.39 is 23.5 Å². The first kappa shape index (κ1) is 23.9. The summed E-state index contributed by atoms with van der Waals surface area (Å²) in [6.07, 6.45) is -5.12. The minimum Gasteiger partial charge on any atom is -0.364 e. The van der Waals surface area contributed by atoms with Crippen LogP contribution in [0.15, 0.2) is 72.8 Å². The van der Waals surface area contributed by atoms with Crippen LogP contribution in [-0.4, -0.2) is 22.9 Å². The number of nitrogens with zero attached hydrogens (tertiary/aromatic N) is 3. The van der Waals surface area contributed by atoms with E-state index in [4.69, 9.17) is 23.2 Å². The van der Waals surface area contributed by atoms with Crippen molar-refractivity contribution < 1.29 is 23.1 Å². The van der Waals surface area contributed by atoms with E-state index in [1.807, 2.05) is 6.07 Å². The van der Waals surface area contributed by atoms with Crippen molar-refractivity contribution in [1.82, 2.24) is 0 Å².